The average Bonchev–Trinajstić information content (AvgIpc) is 2.99. The van der Waals surface area contributed by atoms with Gasteiger partial charge >= 0.3 is 0 Å². The highest BCUT2D eigenvalue weighted by Crippen LogP contribution is 2.30. The molecule has 8 heteroatoms. The van der Waals surface area contributed by atoms with Crippen LogP contribution in [0.4, 0.5) is 0 Å². The van der Waals surface area contributed by atoms with Gasteiger partial charge in [-0.25, -0.2) is 0 Å². The highest BCUT2D eigenvalue weighted by molar-refractivity contribution is 8.15. The van der Waals surface area contributed by atoms with E-state index in [0.29, 0.717) is 21.6 Å². The van der Waals surface area contributed by atoms with Crippen LogP contribution in [0.2, 0.25) is 10.0 Å². The van der Waals surface area contributed by atoms with Crippen molar-refractivity contribution in [2.75, 3.05) is 7.11 Å². The summed E-state index contributed by atoms with van der Waals surface area (Å²) in [7, 11) is 1.61. The fourth-order valence-electron chi connectivity index (χ4n) is 2.33. The predicted molar refractivity (Wildman–Crippen MR) is 108 cm³/mol. The number of amides is 1. The second kappa shape index (κ2) is 8.58. The number of carbonyl (C=O) groups excluding carboxylic acids is 1. The largest absolute Gasteiger partial charge is 0.497 e. The number of thioether (sulfide) groups is 1. The lowest BCUT2D eigenvalue weighted by atomic mass is 10.1. The Morgan fingerprint density at radius 2 is 2.00 bits per heavy atom. The van der Waals surface area contributed by atoms with E-state index >= 15 is 0 Å². The molecule has 5 nitrogen and oxygen atoms in total. The summed E-state index contributed by atoms with van der Waals surface area (Å²) in [4.78, 5) is 12.1. The van der Waals surface area contributed by atoms with Crippen molar-refractivity contribution in [2.45, 2.75) is 11.7 Å². The third kappa shape index (κ3) is 4.58. The van der Waals surface area contributed by atoms with Gasteiger partial charge in [-0.1, -0.05) is 47.1 Å². The first-order valence-corrected chi connectivity index (χ1v) is 9.36. The van der Waals surface area contributed by atoms with Crippen LogP contribution in [0.5, 0.6) is 5.75 Å². The molecule has 0 saturated carbocycles. The number of rotatable bonds is 5. The first-order chi connectivity index (χ1) is 12.6. The van der Waals surface area contributed by atoms with E-state index < -0.39 is 0 Å². The summed E-state index contributed by atoms with van der Waals surface area (Å²) >= 11 is 13.5. The third-order valence-corrected chi connectivity index (χ3v) is 5.61. The normalized spacial score (nSPS) is 18.5. The Morgan fingerprint density at radius 1 is 1.23 bits per heavy atom. The van der Waals surface area contributed by atoms with Crippen LogP contribution in [0.3, 0.4) is 0 Å². The number of ether oxygens (including phenoxy) is 1. The highest BCUT2D eigenvalue weighted by Gasteiger charge is 2.31. The Hall–Kier alpha value is -2.02. The van der Waals surface area contributed by atoms with Crippen molar-refractivity contribution in [3.8, 4) is 5.75 Å². The van der Waals surface area contributed by atoms with E-state index in [4.69, 9.17) is 27.9 Å². The van der Waals surface area contributed by atoms with Gasteiger partial charge in [0.25, 0.3) is 0 Å². The quantitative estimate of drug-likeness (QED) is 0.597. The van der Waals surface area contributed by atoms with E-state index in [9.17, 15) is 4.79 Å². The Kier molecular flexibility index (Phi) is 6.19. The molecular formula is C18H15Cl2N3O2S. The molecular weight excluding hydrogens is 393 g/mol. The Bertz CT molecular complexity index is 869. The molecule has 26 heavy (non-hydrogen) atoms. The van der Waals surface area contributed by atoms with Gasteiger partial charge in [0.1, 0.15) is 5.75 Å². The van der Waals surface area contributed by atoms with Gasteiger partial charge < -0.3 is 10.1 Å². The number of benzene rings is 2. The zero-order chi connectivity index (χ0) is 18.5. The lowest BCUT2D eigenvalue weighted by molar-refractivity contribution is -0.118. The molecule has 0 aromatic heterocycles. The lowest BCUT2D eigenvalue weighted by Crippen LogP contribution is -2.26. The molecule has 1 fully saturated rings. The zero-order valence-electron chi connectivity index (χ0n) is 13.8. The molecule has 1 aliphatic rings. The van der Waals surface area contributed by atoms with E-state index in [1.807, 2.05) is 36.4 Å². The van der Waals surface area contributed by atoms with E-state index in [0.717, 1.165) is 16.9 Å². The van der Waals surface area contributed by atoms with Crippen molar-refractivity contribution in [3.63, 3.8) is 0 Å². The number of amidine groups is 1. The summed E-state index contributed by atoms with van der Waals surface area (Å²) in [6.45, 7) is 0. The molecule has 0 bridgehead atoms. The lowest BCUT2D eigenvalue weighted by Gasteiger charge is -2.08. The van der Waals surface area contributed by atoms with Crippen molar-refractivity contribution < 1.29 is 9.53 Å². The van der Waals surface area contributed by atoms with E-state index in [-0.39, 0.29) is 11.2 Å². The van der Waals surface area contributed by atoms with Crippen LogP contribution in [-0.2, 0) is 11.2 Å². The Balaban J connectivity index is 1.64. The summed E-state index contributed by atoms with van der Waals surface area (Å²) in [5, 5.41) is 11.9. The summed E-state index contributed by atoms with van der Waals surface area (Å²) in [6.07, 6.45) is 2.08. The molecule has 1 atom stereocenters. The molecule has 134 valence electrons. The van der Waals surface area contributed by atoms with E-state index in [2.05, 4.69) is 15.5 Å². The van der Waals surface area contributed by atoms with Gasteiger partial charge in [0.2, 0.25) is 5.91 Å². The van der Waals surface area contributed by atoms with Crippen LogP contribution in [0.25, 0.3) is 0 Å². The number of methoxy groups -OCH3 is 1. The summed E-state index contributed by atoms with van der Waals surface area (Å²) in [6, 6.07) is 12.8. The van der Waals surface area contributed by atoms with Crippen molar-refractivity contribution >= 4 is 52.3 Å². The van der Waals surface area contributed by atoms with Gasteiger partial charge in [0, 0.05) is 0 Å². The van der Waals surface area contributed by atoms with Gasteiger partial charge in [-0.15, -0.1) is 5.10 Å². The van der Waals surface area contributed by atoms with Crippen LogP contribution >= 0.6 is 35.0 Å². The standard InChI is InChI=1S/C18H15Cl2N3O2S/c1-25-13-7-5-11(6-8-13)10-21-23-18-22-17(24)15(26-18)9-12-3-2-4-14(19)16(12)20/h2-8,10,15H,9H2,1H3,(H,22,23,24)/b21-10+. The monoisotopic (exact) mass is 407 g/mol. The number of nitrogens with one attached hydrogen (secondary N) is 1. The fraction of sp³-hybridized carbons (Fsp3) is 0.167. The van der Waals surface area contributed by atoms with E-state index in [1.165, 1.54) is 11.8 Å². The number of halogens is 2. The fourth-order valence-corrected chi connectivity index (χ4v) is 3.68. The first kappa shape index (κ1) is 18.8. The SMILES string of the molecule is COc1ccc(/C=N/N=C2\NC(=O)C(Cc3cccc(Cl)c3Cl)S2)cc1. The Morgan fingerprint density at radius 3 is 2.73 bits per heavy atom. The first-order valence-electron chi connectivity index (χ1n) is 7.72. The molecule has 1 unspecified atom stereocenters. The van der Waals surface area contributed by atoms with Gasteiger partial charge in [0.15, 0.2) is 5.17 Å². The molecule has 1 amide bonds. The van der Waals surface area contributed by atoms with Gasteiger partial charge in [-0.3, -0.25) is 4.79 Å². The van der Waals surface area contributed by atoms with Crippen LogP contribution in [0.15, 0.2) is 52.7 Å². The maximum Gasteiger partial charge on any atom is 0.239 e. The molecule has 3 rings (SSSR count). The maximum absolute atomic E-state index is 12.1. The van der Waals surface area contributed by atoms with Crippen molar-refractivity contribution in [1.29, 1.82) is 0 Å². The summed E-state index contributed by atoms with van der Waals surface area (Å²) in [5.41, 5.74) is 1.71. The molecule has 1 saturated heterocycles. The van der Waals surface area contributed by atoms with Crippen LogP contribution in [0.1, 0.15) is 11.1 Å². The molecule has 0 spiro atoms. The molecule has 2 aromatic carbocycles. The molecule has 1 heterocycles. The minimum atomic E-state index is -0.319. The van der Waals surface area contributed by atoms with E-state index in [1.54, 1.807) is 19.4 Å². The van der Waals surface area contributed by atoms with Crippen molar-refractivity contribution in [1.82, 2.24) is 5.32 Å². The summed E-state index contributed by atoms with van der Waals surface area (Å²) in [5.74, 6) is 0.652. The number of hydrogen-bond acceptors (Lipinski definition) is 5. The molecule has 2 aromatic rings. The smallest absolute Gasteiger partial charge is 0.239 e. The minimum Gasteiger partial charge on any atom is -0.497 e. The number of nitrogens with zero attached hydrogens (tertiary/aromatic N) is 2. The summed E-state index contributed by atoms with van der Waals surface area (Å²) < 4.78 is 5.10. The topological polar surface area (TPSA) is 63.1 Å². The minimum absolute atomic E-state index is 0.121. The van der Waals surface area contributed by atoms with Crippen LogP contribution in [0, 0.1) is 0 Å². The number of hydrogen-bond donors (Lipinski definition) is 1. The van der Waals surface area contributed by atoms with Gasteiger partial charge in [-0.2, -0.15) is 5.10 Å². The van der Waals surface area contributed by atoms with Crippen molar-refractivity contribution in [2.24, 2.45) is 10.2 Å². The molecule has 0 radical (unpaired) electrons. The average molecular weight is 408 g/mol. The second-order valence-electron chi connectivity index (χ2n) is 5.44. The molecule has 1 N–H and O–H groups in total. The van der Waals surface area contributed by atoms with Gasteiger partial charge in [0.05, 0.1) is 28.6 Å². The van der Waals surface area contributed by atoms with Gasteiger partial charge in [-0.05, 0) is 47.9 Å². The van der Waals surface area contributed by atoms with Crippen molar-refractivity contribution in [3.05, 3.63) is 63.6 Å². The zero-order valence-corrected chi connectivity index (χ0v) is 16.1. The van der Waals surface area contributed by atoms with Crippen LogP contribution in [-0.4, -0.2) is 29.6 Å². The molecule has 1 aliphatic heterocycles. The Labute approximate surface area is 165 Å². The maximum atomic E-state index is 12.1. The highest BCUT2D eigenvalue weighted by atomic mass is 35.5. The number of carbonyl (C=O) groups is 1. The molecule has 0 aliphatic carbocycles. The van der Waals surface area contributed by atoms with Crippen LogP contribution < -0.4 is 10.1 Å². The predicted octanol–water partition coefficient (Wildman–Crippen LogP) is 4.17. The second-order valence-corrected chi connectivity index (χ2v) is 7.41. The third-order valence-electron chi connectivity index (χ3n) is 3.68.